The number of ether oxygens (including phenoxy) is 2. The summed E-state index contributed by atoms with van der Waals surface area (Å²) >= 11 is 0. The van der Waals surface area contributed by atoms with Gasteiger partial charge in [-0.1, -0.05) is 6.07 Å². The van der Waals surface area contributed by atoms with Crippen LogP contribution >= 0.6 is 0 Å². The molecule has 0 N–H and O–H groups in total. The molecule has 0 aliphatic carbocycles. The van der Waals surface area contributed by atoms with E-state index in [1.165, 1.54) is 16.1 Å². The average Bonchev–Trinajstić information content (AvgIpc) is 3.21. The lowest BCUT2D eigenvalue weighted by Crippen LogP contribution is -2.44. The summed E-state index contributed by atoms with van der Waals surface area (Å²) in [6.07, 6.45) is 3.82. The van der Waals surface area contributed by atoms with Crippen LogP contribution in [0.4, 0.5) is 0 Å². The zero-order valence-electron chi connectivity index (χ0n) is 16.2. The van der Waals surface area contributed by atoms with Gasteiger partial charge in [-0.3, -0.25) is 9.59 Å². The Kier molecular flexibility index (Phi) is 5.93. The highest BCUT2D eigenvalue weighted by atomic mass is 16.5. The van der Waals surface area contributed by atoms with Crippen molar-refractivity contribution in [3.8, 4) is 11.5 Å². The quantitative estimate of drug-likeness (QED) is 0.745. The monoisotopic (exact) mass is 381 g/mol. The van der Waals surface area contributed by atoms with E-state index >= 15 is 0 Å². The Morgan fingerprint density at radius 2 is 1.86 bits per heavy atom. The van der Waals surface area contributed by atoms with Crippen molar-refractivity contribution in [1.82, 2.24) is 15.0 Å². The summed E-state index contributed by atoms with van der Waals surface area (Å²) in [5.74, 6) is 0.741. The minimum Gasteiger partial charge on any atom is -0.497 e. The first-order chi connectivity index (χ1) is 13.5. The molecule has 1 aliphatic rings. The van der Waals surface area contributed by atoms with Crippen LogP contribution in [-0.2, 0) is 4.79 Å². The summed E-state index contributed by atoms with van der Waals surface area (Å²) in [6.45, 7) is 2.79. The van der Waals surface area contributed by atoms with Crippen LogP contribution in [-0.4, -0.2) is 54.1 Å². The minimum absolute atomic E-state index is 0.275. The Hall–Kier alpha value is -3.35. The molecule has 0 atom stereocenters. The number of methoxy groups -OCH3 is 2. The molecule has 2 aromatic rings. The van der Waals surface area contributed by atoms with Gasteiger partial charge >= 0.3 is 0 Å². The number of hydrogen-bond acceptors (Lipinski definition) is 5. The first-order valence-electron chi connectivity index (χ1n) is 9.00. The van der Waals surface area contributed by atoms with Gasteiger partial charge in [0, 0.05) is 30.4 Å². The lowest BCUT2D eigenvalue weighted by Gasteiger charge is -2.26. The number of amides is 2. The van der Waals surface area contributed by atoms with Gasteiger partial charge in [-0.15, -0.1) is 0 Å². The third kappa shape index (κ3) is 4.14. The molecule has 1 fully saturated rings. The number of aromatic nitrogens is 1. The zero-order valence-corrected chi connectivity index (χ0v) is 16.2. The molecule has 2 heterocycles. The van der Waals surface area contributed by atoms with Crippen molar-refractivity contribution in [1.29, 1.82) is 0 Å². The molecule has 0 saturated carbocycles. The Balaban J connectivity index is 1.78. The van der Waals surface area contributed by atoms with Gasteiger partial charge in [0.05, 0.1) is 14.2 Å². The standard InChI is InChI=1S/C21H23N3O4/c1-15-6-4-7-18(22-15)21(26)24-13-5-12-23(24)20(25)11-8-16-14-17(27-2)9-10-19(16)28-3/h4,6-11,14H,5,12-13H2,1-3H3. The van der Waals surface area contributed by atoms with Crippen molar-refractivity contribution in [3.05, 3.63) is 59.4 Å². The molecule has 0 spiro atoms. The summed E-state index contributed by atoms with van der Waals surface area (Å²) in [7, 11) is 3.14. The summed E-state index contributed by atoms with van der Waals surface area (Å²) in [4.78, 5) is 29.8. The van der Waals surface area contributed by atoms with Crippen LogP contribution in [0.1, 0.15) is 28.2 Å². The maximum absolute atomic E-state index is 12.8. The molecule has 1 aromatic heterocycles. The molecule has 0 bridgehead atoms. The Labute approximate surface area is 164 Å². The van der Waals surface area contributed by atoms with Gasteiger partial charge < -0.3 is 9.47 Å². The Morgan fingerprint density at radius 1 is 1.07 bits per heavy atom. The van der Waals surface area contributed by atoms with Crippen molar-refractivity contribution >= 4 is 17.9 Å². The Bertz CT molecular complexity index is 910. The van der Waals surface area contributed by atoms with Crippen LogP contribution in [0, 0.1) is 6.92 Å². The van der Waals surface area contributed by atoms with E-state index in [2.05, 4.69) is 4.98 Å². The highest BCUT2D eigenvalue weighted by Gasteiger charge is 2.30. The lowest BCUT2D eigenvalue weighted by molar-refractivity contribution is -0.134. The fourth-order valence-electron chi connectivity index (χ4n) is 3.06. The second-order valence-corrected chi connectivity index (χ2v) is 6.35. The minimum atomic E-state index is -0.276. The first kappa shape index (κ1) is 19.4. The van der Waals surface area contributed by atoms with E-state index < -0.39 is 0 Å². The Morgan fingerprint density at radius 3 is 2.57 bits per heavy atom. The van der Waals surface area contributed by atoms with E-state index in [0.717, 1.165) is 12.1 Å². The van der Waals surface area contributed by atoms with Gasteiger partial charge in [-0.05, 0) is 49.8 Å². The molecular weight excluding hydrogens is 358 g/mol. The van der Waals surface area contributed by atoms with Crippen LogP contribution < -0.4 is 9.47 Å². The van der Waals surface area contributed by atoms with Gasteiger partial charge in [0.2, 0.25) is 0 Å². The van der Waals surface area contributed by atoms with Gasteiger partial charge in [0.15, 0.2) is 0 Å². The SMILES string of the molecule is COc1ccc(OC)c(C=CC(=O)N2CCCN2C(=O)c2cccc(C)n2)c1. The van der Waals surface area contributed by atoms with Crippen molar-refractivity contribution in [2.45, 2.75) is 13.3 Å². The van der Waals surface area contributed by atoms with Gasteiger partial charge in [0.25, 0.3) is 11.8 Å². The largest absolute Gasteiger partial charge is 0.497 e. The second kappa shape index (κ2) is 8.56. The second-order valence-electron chi connectivity index (χ2n) is 6.35. The predicted octanol–water partition coefficient (Wildman–Crippen LogP) is 2.71. The first-order valence-corrected chi connectivity index (χ1v) is 9.00. The number of hydrazine groups is 1. The average molecular weight is 381 g/mol. The fraction of sp³-hybridized carbons (Fsp3) is 0.286. The number of benzene rings is 1. The molecule has 1 aliphatic heterocycles. The summed E-state index contributed by atoms with van der Waals surface area (Å²) in [5.41, 5.74) is 1.80. The molecule has 28 heavy (non-hydrogen) atoms. The van der Waals surface area contributed by atoms with Crippen molar-refractivity contribution in [3.63, 3.8) is 0 Å². The molecule has 3 rings (SSSR count). The molecule has 2 amide bonds. The summed E-state index contributed by atoms with van der Waals surface area (Å²) < 4.78 is 10.5. The van der Waals surface area contributed by atoms with Gasteiger partial charge in [-0.25, -0.2) is 15.0 Å². The highest BCUT2D eigenvalue weighted by Crippen LogP contribution is 2.25. The van der Waals surface area contributed by atoms with Crippen LogP contribution in [0.25, 0.3) is 6.08 Å². The van der Waals surface area contributed by atoms with Gasteiger partial charge in [0.1, 0.15) is 17.2 Å². The number of rotatable bonds is 5. The number of carbonyl (C=O) groups is 2. The maximum atomic E-state index is 12.8. The van der Waals surface area contributed by atoms with Crippen LogP contribution in [0.2, 0.25) is 0 Å². The van der Waals surface area contributed by atoms with E-state index in [9.17, 15) is 9.59 Å². The van der Waals surface area contributed by atoms with Crippen molar-refractivity contribution in [2.75, 3.05) is 27.3 Å². The molecule has 0 radical (unpaired) electrons. The van der Waals surface area contributed by atoms with E-state index in [0.29, 0.717) is 35.8 Å². The zero-order chi connectivity index (χ0) is 20.1. The molecule has 7 nitrogen and oxygen atoms in total. The van der Waals surface area contributed by atoms with E-state index in [1.54, 1.807) is 50.6 Å². The maximum Gasteiger partial charge on any atom is 0.291 e. The van der Waals surface area contributed by atoms with Crippen molar-refractivity contribution in [2.24, 2.45) is 0 Å². The molecule has 1 aromatic carbocycles. The van der Waals surface area contributed by atoms with Crippen LogP contribution in [0.5, 0.6) is 11.5 Å². The van der Waals surface area contributed by atoms with Crippen LogP contribution in [0.3, 0.4) is 0 Å². The third-order valence-electron chi connectivity index (χ3n) is 4.47. The smallest absolute Gasteiger partial charge is 0.291 e. The summed E-state index contributed by atoms with van der Waals surface area (Å²) in [6, 6.07) is 10.6. The summed E-state index contributed by atoms with van der Waals surface area (Å²) in [5, 5.41) is 2.91. The number of nitrogens with zero attached hydrogens (tertiary/aromatic N) is 3. The van der Waals surface area contributed by atoms with E-state index in [1.807, 2.05) is 13.0 Å². The lowest BCUT2D eigenvalue weighted by atomic mass is 10.1. The fourth-order valence-corrected chi connectivity index (χ4v) is 3.06. The normalized spacial score (nSPS) is 13.8. The van der Waals surface area contributed by atoms with E-state index in [4.69, 9.17) is 9.47 Å². The molecule has 7 heteroatoms. The number of pyridine rings is 1. The number of carbonyl (C=O) groups excluding carboxylic acids is 2. The number of hydrogen-bond donors (Lipinski definition) is 0. The van der Waals surface area contributed by atoms with Crippen LogP contribution in [0.15, 0.2) is 42.5 Å². The molecule has 0 unspecified atom stereocenters. The van der Waals surface area contributed by atoms with E-state index in [-0.39, 0.29) is 11.8 Å². The molecular formula is C21H23N3O4. The topological polar surface area (TPSA) is 72.0 Å². The molecule has 1 saturated heterocycles. The van der Waals surface area contributed by atoms with Crippen molar-refractivity contribution < 1.29 is 19.1 Å². The highest BCUT2D eigenvalue weighted by molar-refractivity contribution is 5.97. The predicted molar refractivity (Wildman–Crippen MR) is 105 cm³/mol. The van der Waals surface area contributed by atoms with Gasteiger partial charge in [-0.2, -0.15) is 0 Å². The third-order valence-corrected chi connectivity index (χ3v) is 4.47. The number of aryl methyl sites for hydroxylation is 1. The molecule has 146 valence electrons.